The third kappa shape index (κ3) is 16.1. The first-order chi connectivity index (χ1) is 9.63. The van der Waals surface area contributed by atoms with Crippen molar-refractivity contribution in [1.82, 2.24) is 0 Å². The average molecular weight is 278 g/mol. The van der Waals surface area contributed by atoms with Crippen LogP contribution in [0.2, 0.25) is 0 Å². The number of rotatable bonds is 10. The van der Waals surface area contributed by atoms with Crippen molar-refractivity contribution in [2.45, 2.75) is 64.2 Å². The van der Waals surface area contributed by atoms with Gasteiger partial charge in [0.1, 0.15) is 0 Å². The number of hydrogen-bond acceptors (Lipinski definition) is 2. The summed E-state index contributed by atoms with van der Waals surface area (Å²) < 4.78 is 0. The van der Waals surface area contributed by atoms with Gasteiger partial charge in [-0.25, -0.2) is 0 Å². The average Bonchev–Trinajstić information content (AvgIpc) is 2.38. The van der Waals surface area contributed by atoms with E-state index in [0.717, 1.165) is 38.5 Å². The van der Waals surface area contributed by atoms with Crippen molar-refractivity contribution in [2.24, 2.45) is 0 Å². The smallest absolute Gasteiger partial charge is 0.303 e. The Kier molecular flexibility index (Phi) is 12.2. The van der Waals surface area contributed by atoms with Gasteiger partial charge in [0.25, 0.3) is 0 Å². The van der Waals surface area contributed by atoms with Gasteiger partial charge in [0.15, 0.2) is 0 Å². The van der Waals surface area contributed by atoms with Crippen molar-refractivity contribution in [3.05, 3.63) is 0 Å². The summed E-state index contributed by atoms with van der Waals surface area (Å²) >= 11 is 0. The van der Waals surface area contributed by atoms with Crippen molar-refractivity contribution < 1.29 is 19.8 Å². The standard InChI is InChI=1S/C16H22O4/c17-15(18)13-11-9-7-5-3-1-2-4-6-8-10-12-14-16(19)20/h5-14H2,(H,17,18)(H,19,20). The van der Waals surface area contributed by atoms with Crippen LogP contribution >= 0.6 is 0 Å². The van der Waals surface area contributed by atoms with E-state index in [9.17, 15) is 9.59 Å². The molecule has 20 heavy (non-hydrogen) atoms. The minimum atomic E-state index is -0.745. The predicted octanol–water partition coefficient (Wildman–Crippen LogP) is 3.06. The molecule has 0 aromatic heterocycles. The Hall–Kier alpha value is -1.94. The molecule has 0 aromatic carbocycles. The molecule has 0 amide bonds. The highest BCUT2D eigenvalue weighted by molar-refractivity contribution is 5.66. The molecule has 0 atom stereocenters. The lowest BCUT2D eigenvalue weighted by molar-refractivity contribution is -0.138. The number of carboxylic acid groups (broad SMARTS) is 2. The molecule has 0 aliphatic rings. The zero-order valence-electron chi connectivity index (χ0n) is 11.8. The van der Waals surface area contributed by atoms with Crippen molar-refractivity contribution in [1.29, 1.82) is 0 Å². The largest absolute Gasteiger partial charge is 0.481 e. The van der Waals surface area contributed by atoms with Gasteiger partial charge in [0, 0.05) is 25.7 Å². The molecule has 4 nitrogen and oxygen atoms in total. The highest BCUT2D eigenvalue weighted by Crippen LogP contribution is 2.02. The molecule has 0 spiro atoms. The van der Waals surface area contributed by atoms with Gasteiger partial charge in [-0.3, -0.25) is 9.59 Å². The van der Waals surface area contributed by atoms with E-state index in [0.29, 0.717) is 12.8 Å². The van der Waals surface area contributed by atoms with Crippen molar-refractivity contribution in [3.8, 4) is 23.7 Å². The number of hydrogen-bond donors (Lipinski definition) is 2. The van der Waals surface area contributed by atoms with Gasteiger partial charge in [-0.2, -0.15) is 0 Å². The zero-order valence-corrected chi connectivity index (χ0v) is 11.8. The fourth-order valence-corrected chi connectivity index (χ4v) is 1.55. The van der Waals surface area contributed by atoms with E-state index < -0.39 is 11.9 Å². The Morgan fingerprint density at radius 2 is 1.05 bits per heavy atom. The summed E-state index contributed by atoms with van der Waals surface area (Å²) in [5.74, 6) is 9.94. The number of unbranched alkanes of at least 4 members (excludes halogenated alkanes) is 6. The molecule has 2 N–H and O–H groups in total. The van der Waals surface area contributed by atoms with E-state index in [-0.39, 0.29) is 12.8 Å². The fraction of sp³-hybridized carbons (Fsp3) is 0.625. The normalized spacial score (nSPS) is 9.00. The van der Waals surface area contributed by atoms with Gasteiger partial charge in [-0.15, -0.1) is 0 Å². The summed E-state index contributed by atoms with van der Waals surface area (Å²) in [5, 5.41) is 16.9. The lowest BCUT2D eigenvalue weighted by Crippen LogP contribution is -1.93. The van der Waals surface area contributed by atoms with Crippen LogP contribution in [0, 0.1) is 23.7 Å². The first kappa shape index (κ1) is 18.1. The van der Waals surface area contributed by atoms with Gasteiger partial charge in [0.2, 0.25) is 0 Å². The third-order valence-corrected chi connectivity index (χ3v) is 2.62. The Morgan fingerprint density at radius 1 is 0.650 bits per heavy atom. The molecular weight excluding hydrogens is 256 g/mol. The van der Waals surface area contributed by atoms with E-state index in [2.05, 4.69) is 23.7 Å². The monoisotopic (exact) mass is 278 g/mol. The van der Waals surface area contributed by atoms with Gasteiger partial charge < -0.3 is 10.2 Å². The molecular formula is C16H22O4. The Bertz CT molecular complexity index is 364. The van der Waals surface area contributed by atoms with Crippen LogP contribution in [0.1, 0.15) is 64.2 Å². The van der Waals surface area contributed by atoms with Crippen LogP contribution in [-0.4, -0.2) is 22.2 Å². The van der Waals surface area contributed by atoms with Gasteiger partial charge in [0.05, 0.1) is 0 Å². The summed E-state index contributed by atoms with van der Waals surface area (Å²) in [6, 6.07) is 0. The Morgan fingerprint density at radius 3 is 1.40 bits per heavy atom. The topological polar surface area (TPSA) is 74.6 Å². The molecule has 4 heteroatoms. The second kappa shape index (κ2) is 13.5. The SMILES string of the molecule is O=C(O)CCCCCC#CC#CCCCCCC(=O)O. The second-order valence-corrected chi connectivity index (χ2v) is 4.51. The lowest BCUT2D eigenvalue weighted by atomic mass is 10.1. The van der Waals surface area contributed by atoms with Gasteiger partial charge >= 0.3 is 11.9 Å². The van der Waals surface area contributed by atoms with Crippen LogP contribution in [0.15, 0.2) is 0 Å². The van der Waals surface area contributed by atoms with Crippen molar-refractivity contribution in [3.63, 3.8) is 0 Å². The Balaban J connectivity index is 3.37. The number of carbonyl (C=O) groups is 2. The molecule has 0 aromatic rings. The molecule has 0 unspecified atom stereocenters. The van der Waals surface area contributed by atoms with Crippen LogP contribution in [0.5, 0.6) is 0 Å². The molecule has 0 aliphatic carbocycles. The minimum Gasteiger partial charge on any atom is -0.481 e. The van der Waals surface area contributed by atoms with E-state index in [1.165, 1.54) is 0 Å². The van der Waals surface area contributed by atoms with Gasteiger partial charge in [-0.1, -0.05) is 24.7 Å². The van der Waals surface area contributed by atoms with Crippen LogP contribution in [0.3, 0.4) is 0 Å². The molecule has 0 heterocycles. The quantitative estimate of drug-likeness (QED) is 0.476. The van der Waals surface area contributed by atoms with E-state index in [4.69, 9.17) is 10.2 Å². The maximum Gasteiger partial charge on any atom is 0.303 e. The molecule has 0 aliphatic heterocycles. The predicted molar refractivity (Wildman–Crippen MR) is 77.0 cm³/mol. The maximum atomic E-state index is 10.3. The van der Waals surface area contributed by atoms with Crippen LogP contribution in [0.25, 0.3) is 0 Å². The zero-order chi connectivity index (χ0) is 15.1. The summed E-state index contributed by atoms with van der Waals surface area (Å²) in [5.41, 5.74) is 0. The molecule has 0 fully saturated rings. The highest BCUT2D eigenvalue weighted by Gasteiger charge is 1.95. The fourth-order valence-electron chi connectivity index (χ4n) is 1.55. The lowest BCUT2D eigenvalue weighted by Gasteiger charge is -1.93. The number of aliphatic carboxylic acids is 2. The van der Waals surface area contributed by atoms with E-state index in [1.54, 1.807) is 0 Å². The number of carboxylic acids is 2. The molecule has 0 rings (SSSR count). The van der Waals surface area contributed by atoms with Gasteiger partial charge in [-0.05, 0) is 37.5 Å². The van der Waals surface area contributed by atoms with E-state index in [1.807, 2.05) is 0 Å². The highest BCUT2D eigenvalue weighted by atomic mass is 16.4. The first-order valence-corrected chi connectivity index (χ1v) is 7.02. The molecule has 0 radical (unpaired) electrons. The summed E-state index contributed by atoms with van der Waals surface area (Å²) in [6.07, 6.45) is 6.99. The van der Waals surface area contributed by atoms with E-state index >= 15 is 0 Å². The van der Waals surface area contributed by atoms with Crippen LogP contribution < -0.4 is 0 Å². The molecule has 0 bridgehead atoms. The summed E-state index contributed by atoms with van der Waals surface area (Å²) in [4.78, 5) is 20.5. The molecule has 0 saturated carbocycles. The maximum absolute atomic E-state index is 10.3. The van der Waals surface area contributed by atoms with Crippen LogP contribution in [0.4, 0.5) is 0 Å². The summed E-state index contributed by atoms with van der Waals surface area (Å²) in [6.45, 7) is 0. The third-order valence-electron chi connectivity index (χ3n) is 2.62. The molecule has 110 valence electrons. The minimum absolute atomic E-state index is 0.231. The summed E-state index contributed by atoms with van der Waals surface area (Å²) in [7, 11) is 0. The first-order valence-electron chi connectivity index (χ1n) is 7.02. The second-order valence-electron chi connectivity index (χ2n) is 4.51. The van der Waals surface area contributed by atoms with Crippen molar-refractivity contribution in [2.75, 3.05) is 0 Å². The van der Waals surface area contributed by atoms with Crippen LogP contribution in [-0.2, 0) is 9.59 Å². The van der Waals surface area contributed by atoms with Crippen molar-refractivity contribution >= 4 is 11.9 Å². The Labute approximate surface area is 120 Å². The molecule has 0 saturated heterocycles.